The van der Waals surface area contributed by atoms with Crippen LogP contribution in [0.25, 0.3) is 0 Å². The summed E-state index contributed by atoms with van der Waals surface area (Å²) in [6.07, 6.45) is -0.801. The number of halogens is 2. The molecular formula is C9H8Cl2N2O4. The Morgan fingerprint density at radius 3 is 2.47 bits per heavy atom. The number of carbonyl (C=O) groups is 2. The first kappa shape index (κ1) is 13.5. The van der Waals surface area contributed by atoms with Gasteiger partial charge in [0.25, 0.3) is 0 Å². The molecule has 0 aliphatic heterocycles. The Kier molecular flexibility index (Phi) is 4.99. The summed E-state index contributed by atoms with van der Waals surface area (Å²) in [6, 6.07) is 2.64. The van der Waals surface area contributed by atoms with Crippen molar-refractivity contribution < 1.29 is 19.1 Å². The van der Waals surface area contributed by atoms with E-state index in [-0.39, 0.29) is 22.8 Å². The number of esters is 1. The zero-order chi connectivity index (χ0) is 12.8. The van der Waals surface area contributed by atoms with Gasteiger partial charge in [0, 0.05) is 19.1 Å². The molecule has 6 nitrogen and oxygen atoms in total. The molecule has 1 rings (SSSR count). The number of nitrogens with zero attached hydrogens (tertiary/aromatic N) is 1. The molecule has 0 aliphatic rings. The summed E-state index contributed by atoms with van der Waals surface area (Å²) in [5.74, 6) is -0.379. The fourth-order valence-electron chi connectivity index (χ4n) is 0.842. The molecule has 0 saturated heterocycles. The molecule has 0 spiro atoms. The predicted octanol–water partition coefficient (Wildman–Crippen LogP) is 2.00. The van der Waals surface area contributed by atoms with Gasteiger partial charge in [0.1, 0.15) is 16.1 Å². The van der Waals surface area contributed by atoms with Crippen LogP contribution in [0.15, 0.2) is 12.1 Å². The van der Waals surface area contributed by atoms with Crippen molar-refractivity contribution in [2.45, 2.75) is 6.92 Å². The van der Waals surface area contributed by atoms with Crippen molar-refractivity contribution in [3.63, 3.8) is 0 Å². The van der Waals surface area contributed by atoms with E-state index in [9.17, 15) is 9.59 Å². The van der Waals surface area contributed by atoms with E-state index in [1.165, 1.54) is 19.1 Å². The number of ether oxygens (including phenoxy) is 2. The lowest BCUT2D eigenvalue weighted by molar-refractivity contribution is -0.141. The Hall–Kier alpha value is -1.53. The van der Waals surface area contributed by atoms with Gasteiger partial charge in [-0.05, 0) is 0 Å². The third-order valence-electron chi connectivity index (χ3n) is 1.44. The van der Waals surface area contributed by atoms with Gasteiger partial charge in [-0.1, -0.05) is 23.2 Å². The van der Waals surface area contributed by atoms with Crippen molar-refractivity contribution >= 4 is 35.3 Å². The number of pyridine rings is 1. The Labute approximate surface area is 107 Å². The molecule has 0 aliphatic carbocycles. The van der Waals surface area contributed by atoms with E-state index < -0.39 is 12.1 Å². The van der Waals surface area contributed by atoms with E-state index in [0.717, 1.165) is 0 Å². The monoisotopic (exact) mass is 278 g/mol. The molecule has 1 heterocycles. The molecule has 92 valence electrons. The van der Waals surface area contributed by atoms with E-state index in [0.29, 0.717) is 0 Å². The van der Waals surface area contributed by atoms with E-state index in [2.05, 4.69) is 15.0 Å². The maximum Gasteiger partial charge on any atom is 0.415 e. The minimum Gasteiger partial charge on any atom is -0.444 e. The van der Waals surface area contributed by atoms with Crippen LogP contribution in [0.1, 0.15) is 6.92 Å². The highest BCUT2D eigenvalue weighted by Gasteiger charge is 2.06. The van der Waals surface area contributed by atoms with Gasteiger partial charge in [-0.3, -0.25) is 10.1 Å². The van der Waals surface area contributed by atoms with Crippen molar-refractivity contribution in [2.75, 3.05) is 6.73 Å². The van der Waals surface area contributed by atoms with E-state index in [1.54, 1.807) is 0 Å². The molecule has 0 aromatic carbocycles. The summed E-state index contributed by atoms with van der Waals surface area (Å²) in [5, 5.41) is 2.39. The lowest BCUT2D eigenvalue weighted by Gasteiger charge is -2.06. The van der Waals surface area contributed by atoms with Crippen LogP contribution in [0.3, 0.4) is 0 Å². The van der Waals surface area contributed by atoms with E-state index >= 15 is 0 Å². The molecule has 0 atom stereocenters. The van der Waals surface area contributed by atoms with Crippen molar-refractivity contribution in [3.05, 3.63) is 22.4 Å². The molecular weight excluding hydrogens is 271 g/mol. The number of nitrogens with one attached hydrogen (secondary N) is 1. The molecule has 0 unspecified atom stereocenters. The van der Waals surface area contributed by atoms with Crippen LogP contribution in [0.5, 0.6) is 5.75 Å². The molecule has 0 saturated carbocycles. The van der Waals surface area contributed by atoms with Gasteiger partial charge >= 0.3 is 12.1 Å². The number of aromatic nitrogens is 1. The van der Waals surface area contributed by atoms with Crippen LogP contribution in [0.2, 0.25) is 10.3 Å². The topological polar surface area (TPSA) is 77.5 Å². The quantitative estimate of drug-likeness (QED) is 0.520. The molecule has 1 N–H and O–H groups in total. The zero-order valence-electron chi connectivity index (χ0n) is 8.70. The number of amides is 1. The number of carbonyl (C=O) groups excluding carboxylic acids is 2. The maximum absolute atomic E-state index is 11.2. The summed E-state index contributed by atoms with van der Waals surface area (Å²) in [4.78, 5) is 25.3. The first-order valence-corrected chi connectivity index (χ1v) is 5.15. The van der Waals surface area contributed by atoms with Gasteiger partial charge < -0.3 is 9.47 Å². The van der Waals surface area contributed by atoms with Crippen molar-refractivity contribution in [2.24, 2.45) is 0 Å². The van der Waals surface area contributed by atoms with Crippen LogP contribution >= 0.6 is 23.2 Å². The second kappa shape index (κ2) is 6.27. The number of rotatable bonds is 3. The second-order valence-electron chi connectivity index (χ2n) is 2.79. The Morgan fingerprint density at radius 1 is 1.35 bits per heavy atom. The van der Waals surface area contributed by atoms with Crippen molar-refractivity contribution in [1.82, 2.24) is 10.3 Å². The van der Waals surface area contributed by atoms with Gasteiger partial charge in [0.15, 0.2) is 6.73 Å². The van der Waals surface area contributed by atoms with Gasteiger partial charge in [-0.15, -0.1) is 0 Å². The standard InChI is InChI=1S/C9H8Cl2N2O4/c1-5(14)16-4-12-9(15)17-6-2-7(10)13-8(11)3-6/h2-3H,4H2,1H3,(H,12,15). The number of hydrogen-bond acceptors (Lipinski definition) is 5. The van der Waals surface area contributed by atoms with Gasteiger partial charge in [-0.25, -0.2) is 9.78 Å². The highest BCUT2D eigenvalue weighted by atomic mass is 35.5. The third kappa shape index (κ3) is 5.37. The smallest absolute Gasteiger partial charge is 0.415 e. The molecule has 0 bridgehead atoms. The molecule has 1 aromatic heterocycles. The van der Waals surface area contributed by atoms with E-state index in [1.807, 2.05) is 0 Å². The average molecular weight is 279 g/mol. The van der Waals surface area contributed by atoms with Crippen molar-refractivity contribution in [3.8, 4) is 5.75 Å². The first-order chi connectivity index (χ1) is 7.97. The Balaban J connectivity index is 2.47. The van der Waals surface area contributed by atoms with Crippen molar-refractivity contribution in [1.29, 1.82) is 0 Å². The van der Waals surface area contributed by atoms with Gasteiger partial charge in [-0.2, -0.15) is 0 Å². The average Bonchev–Trinajstić information content (AvgIpc) is 2.14. The fraction of sp³-hybridized carbons (Fsp3) is 0.222. The molecule has 0 radical (unpaired) electrons. The van der Waals surface area contributed by atoms with Crippen LogP contribution < -0.4 is 10.1 Å². The van der Waals surface area contributed by atoms with Crippen LogP contribution in [-0.2, 0) is 9.53 Å². The highest BCUT2D eigenvalue weighted by molar-refractivity contribution is 6.32. The Bertz CT molecular complexity index is 419. The largest absolute Gasteiger partial charge is 0.444 e. The maximum atomic E-state index is 11.2. The highest BCUT2D eigenvalue weighted by Crippen LogP contribution is 2.20. The van der Waals surface area contributed by atoms with Crippen LogP contribution in [-0.4, -0.2) is 23.8 Å². The molecule has 0 fully saturated rings. The van der Waals surface area contributed by atoms with Gasteiger partial charge in [0.05, 0.1) is 0 Å². The SMILES string of the molecule is CC(=O)OCNC(=O)Oc1cc(Cl)nc(Cl)c1. The van der Waals surface area contributed by atoms with Gasteiger partial charge in [0.2, 0.25) is 0 Å². The first-order valence-electron chi connectivity index (χ1n) is 4.39. The Morgan fingerprint density at radius 2 is 1.94 bits per heavy atom. The minimum atomic E-state index is -0.801. The summed E-state index contributed by atoms with van der Waals surface area (Å²) < 4.78 is 9.29. The normalized spacial score (nSPS) is 9.59. The number of hydrogen-bond donors (Lipinski definition) is 1. The minimum absolute atomic E-state index is 0.0975. The molecule has 17 heavy (non-hydrogen) atoms. The molecule has 8 heteroatoms. The second-order valence-corrected chi connectivity index (χ2v) is 3.57. The lowest BCUT2D eigenvalue weighted by atomic mass is 10.4. The third-order valence-corrected chi connectivity index (χ3v) is 1.83. The lowest BCUT2D eigenvalue weighted by Crippen LogP contribution is -2.29. The fourth-order valence-corrected chi connectivity index (χ4v) is 1.28. The van der Waals surface area contributed by atoms with Crippen LogP contribution in [0.4, 0.5) is 4.79 Å². The summed E-state index contributed by atoms with van der Waals surface area (Å²) >= 11 is 11.2. The summed E-state index contributed by atoms with van der Waals surface area (Å²) in [7, 11) is 0. The summed E-state index contributed by atoms with van der Waals surface area (Å²) in [5.41, 5.74) is 0. The van der Waals surface area contributed by atoms with E-state index in [4.69, 9.17) is 27.9 Å². The predicted molar refractivity (Wildman–Crippen MR) is 60.0 cm³/mol. The summed E-state index contributed by atoms with van der Waals surface area (Å²) in [6.45, 7) is 0.941. The molecule has 1 aromatic rings. The zero-order valence-corrected chi connectivity index (χ0v) is 10.2. The molecule has 1 amide bonds. The van der Waals surface area contributed by atoms with Crippen LogP contribution in [0, 0.1) is 0 Å².